The molecular weight excluding hydrogens is 194 g/mol. The first kappa shape index (κ1) is 11.6. The summed E-state index contributed by atoms with van der Waals surface area (Å²) in [5.41, 5.74) is 9.89. The van der Waals surface area contributed by atoms with E-state index in [1.54, 1.807) is 6.20 Å². The number of hydrogen-bond acceptors (Lipinski definition) is 3. The Morgan fingerprint density at radius 1 is 1.67 bits per heavy atom. The van der Waals surface area contributed by atoms with Crippen molar-refractivity contribution in [3.05, 3.63) is 27.9 Å². The molecule has 0 amide bonds. The molecule has 0 spiro atoms. The average molecular weight is 209 g/mol. The highest BCUT2D eigenvalue weighted by Crippen LogP contribution is 2.29. The Hall–Kier alpha value is -1.52. The highest BCUT2D eigenvalue weighted by Gasteiger charge is 2.24. The average Bonchev–Trinajstić information content (AvgIpc) is 2.61. The van der Waals surface area contributed by atoms with Gasteiger partial charge in [0, 0.05) is 21.6 Å². The van der Waals surface area contributed by atoms with Gasteiger partial charge in [-0.1, -0.05) is 25.9 Å². The van der Waals surface area contributed by atoms with Crippen LogP contribution in [0, 0.1) is 0 Å². The van der Waals surface area contributed by atoms with Gasteiger partial charge in [0.15, 0.2) is 0 Å². The van der Waals surface area contributed by atoms with Gasteiger partial charge in [0.25, 0.3) is 0 Å². The van der Waals surface area contributed by atoms with Crippen LogP contribution in [0.5, 0.6) is 0 Å². The molecule has 6 heteroatoms. The molecule has 1 aromatic heterocycles. The minimum absolute atomic E-state index is 0.121. The topological polar surface area (TPSA) is 97.7 Å². The van der Waals surface area contributed by atoms with Gasteiger partial charge in [-0.25, -0.2) is 0 Å². The maximum absolute atomic E-state index is 9.11. The predicted molar refractivity (Wildman–Crippen MR) is 56.3 cm³/mol. The number of aromatic amines is 1. The number of aliphatic hydroxyl groups is 1. The molecule has 15 heavy (non-hydrogen) atoms. The first-order valence-electron chi connectivity index (χ1n) is 4.69. The number of hydrogen-bond donors (Lipinski definition) is 2. The number of H-pyrrole nitrogens is 1. The van der Waals surface area contributed by atoms with E-state index in [2.05, 4.69) is 20.2 Å². The Labute approximate surface area is 87.9 Å². The molecular formula is C9H15N5O. The van der Waals surface area contributed by atoms with Crippen LogP contribution >= 0.6 is 0 Å². The van der Waals surface area contributed by atoms with Gasteiger partial charge in [-0.15, -0.1) is 0 Å². The number of aliphatic hydroxyl groups excluding tert-OH is 1. The number of aromatic nitrogens is 2. The molecule has 0 aliphatic rings. The fraction of sp³-hybridized carbons (Fsp3) is 0.667. The molecule has 0 radical (unpaired) electrons. The van der Waals surface area contributed by atoms with Crippen molar-refractivity contribution in [3.63, 3.8) is 0 Å². The van der Waals surface area contributed by atoms with Crippen LogP contribution < -0.4 is 0 Å². The van der Waals surface area contributed by atoms with E-state index in [0.717, 1.165) is 11.3 Å². The molecule has 6 nitrogen and oxygen atoms in total. The third-order valence-corrected chi connectivity index (χ3v) is 2.14. The molecule has 0 bridgehead atoms. The van der Waals surface area contributed by atoms with E-state index in [4.69, 9.17) is 10.6 Å². The van der Waals surface area contributed by atoms with Gasteiger partial charge in [0.1, 0.15) is 0 Å². The SMILES string of the molecule is CC(C)(C)c1[nH]ncc1C(CO)N=[N+]=[N-]. The van der Waals surface area contributed by atoms with Gasteiger partial charge in [0.05, 0.1) is 18.8 Å². The second kappa shape index (κ2) is 4.33. The maximum atomic E-state index is 9.11. The van der Waals surface area contributed by atoms with Gasteiger partial charge >= 0.3 is 0 Å². The van der Waals surface area contributed by atoms with E-state index < -0.39 is 6.04 Å². The first-order valence-corrected chi connectivity index (χ1v) is 4.69. The van der Waals surface area contributed by atoms with Crippen LogP contribution in [-0.2, 0) is 5.41 Å². The minimum Gasteiger partial charge on any atom is -0.396 e. The van der Waals surface area contributed by atoms with Crippen LogP contribution in [0.25, 0.3) is 10.4 Å². The summed E-state index contributed by atoms with van der Waals surface area (Å²) < 4.78 is 0. The molecule has 0 aromatic carbocycles. The summed E-state index contributed by atoms with van der Waals surface area (Å²) in [5, 5.41) is 19.4. The second-order valence-corrected chi connectivity index (χ2v) is 4.35. The van der Waals surface area contributed by atoms with Crippen LogP contribution in [0.15, 0.2) is 11.3 Å². The molecule has 1 atom stereocenters. The first-order chi connectivity index (χ1) is 7.00. The highest BCUT2D eigenvalue weighted by molar-refractivity contribution is 5.27. The van der Waals surface area contributed by atoms with Gasteiger partial charge in [-0.2, -0.15) is 5.10 Å². The third kappa shape index (κ3) is 2.49. The Kier molecular flexibility index (Phi) is 3.34. The smallest absolute Gasteiger partial charge is 0.0889 e. The van der Waals surface area contributed by atoms with Gasteiger partial charge in [-0.05, 0) is 5.53 Å². The lowest BCUT2D eigenvalue weighted by Gasteiger charge is -2.20. The molecule has 0 aliphatic heterocycles. The zero-order valence-electron chi connectivity index (χ0n) is 9.10. The molecule has 0 fully saturated rings. The summed E-state index contributed by atoms with van der Waals surface area (Å²) in [6.45, 7) is 5.85. The van der Waals surface area contributed by atoms with Crippen LogP contribution in [0.2, 0.25) is 0 Å². The number of rotatable bonds is 3. The van der Waals surface area contributed by atoms with Crippen molar-refractivity contribution >= 4 is 0 Å². The molecule has 0 saturated carbocycles. The molecule has 1 rings (SSSR count). The zero-order valence-corrected chi connectivity index (χ0v) is 9.10. The van der Waals surface area contributed by atoms with Gasteiger partial charge in [0.2, 0.25) is 0 Å². The second-order valence-electron chi connectivity index (χ2n) is 4.35. The highest BCUT2D eigenvalue weighted by atomic mass is 16.3. The van der Waals surface area contributed by atoms with Crippen molar-refractivity contribution in [2.24, 2.45) is 5.11 Å². The van der Waals surface area contributed by atoms with Crippen molar-refractivity contribution in [2.75, 3.05) is 6.61 Å². The summed E-state index contributed by atoms with van der Waals surface area (Å²) in [6, 6.07) is -0.567. The lowest BCUT2D eigenvalue weighted by molar-refractivity contribution is 0.266. The van der Waals surface area contributed by atoms with Crippen molar-refractivity contribution in [1.29, 1.82) is 0 Å². The van der Waals surface area contributed by atoms with Gasteiger partial charge in [-0.3, -0.25) is 5.10 Å². The lowest BCUT2D eigenvalue weighted by atomic mass is 9.88. The summed E-state index contributed by atoms with van der Waals surface area (Å²) in [7, 11) is 0. The van der Waals surface area contributed by atoms with E-state index >= 15 is 0 Å². The summed E-state index contributed by atoms with van der Waals surface area (Å²) in [4.78, 5) is 2.71. The largest absolute Gasteiger partial charge is 0.396 e. The zero-order chi connectivity index (χ0) is 11.5. The lowest BCUT2D eigenvalue weighted by Crippen LogP contribution is -2.16. The molecule has 1 unspecified atom stereocenters. The molecule has 82 valence electrons. The fourth-order valence-corrected chi connectivity index (χ4v) is 1.41. The molecule has 1 heterocycles. The Bertz CT molecular complexity index is 372. The van der Waals surface area contributed by atoms with Crippen molar-refractivity contribution in [3.8, 4) is 0 Å². The molecule has 2 N–H and O–H groups in total. The van der Waals surface area contributed by atoms with E-state index in [1.165, 1.54) is 0 Å². The van der Waals surface area contributed by atoms with Gasteiger partial charge < -0.3 is 5.11 Å². The van der Waals surface area contributed by atoms with Crippen LogP contribution in [0.3, 0.4) is 0 Å². The normalized spacial score (nSPS) is 13.3. The van der Waals surface area contributed by atoms with E-state index in [0.29, 0.717) is 0 Å². The molecule has 0 saturated heterocycles. The summed E-state index contributed by atoms with van der Waals surface area (Å²) >= 11 is 0. The van der Waals surface area contributed by atoms with Crippen LogP contribution in [-0.4, -0.2) is 21.9 Å². The van der Waals surface area contributed by atoms with E-state index in [1.807, 2.05) is 20.8 Å². The summed E-state index contributed by atoms with van der Waals surface area (Å²) in [5.74, 6) is 0. The Morgan fingerprint density at radius 3 is 2.80 bits per heavy atom. The Morgan fingerprint density at radius 2 is 2.33 bits per heavy atom. The van der Waals surface area contributed by atoms with Crippen molar-refractivity contribution < 1.29 is 5.11 Å². The number of nitrogens with one attached hydrogen (secondary N) is 1. The van der Waals surface area contributed by atoms with E-state index in [-0.39, 0.29) is 12.0 Å². The molecule has 1 aromatic rings. The third-order valence-electron chi connectivity index (χ3n) is 2.14. The standard InChI is InChI=1S/C9H15N5O/c1-9(2,3)8-6(4-11-13-8)7(5-15)12-14-10/h4,7,15H,5H2,1-3H3,(H,11,13). The fourth-order valence-electron chi connectivity index (χ4n) is 1.41. The maximum Gasteiger partial charge on any atom is 0.0889 e. The van der Waals surface area contributed by atoms with Crippen molar-refractivity contribution in [1.82, 2.24) is 10.2 Å². The quantitative estimate of drug-likeness (QED) is 0.452. The minimum atomic E-state index is -0.567. The molecule has 0 aliphatic carbocycles. The number of nitrogens with zero attached hydrogens (tertiary/aromatic N) is 4. The Balaban J connectivity index is 3.14. The van der Waals surface area contributed by atoms with Crippen molar-refractivity contribution in [2.45, 2.75) is 32.2 Å². The summed E-state index contributed by atoms with van der Waals surface area (Å²) in [6.07, 6.45) is 1.59. The van der Waals surface area contributed by atoms with Crippen LogP contribution in [0.4, 0.5) is 0 Å². The predicted octanol–water partition coefficient (Wildman–Crippen LogP) is 2.05. The monoisotopic (exact) mass is 209 g/mol. The van der Waals surface area contributed by atoms with Crippen LogP contribution in [0.1, 0.15) is 38.1 Å². The number of azide groups is 1. The van der Waals surface area contributed by atoms with E-state index in [9.17, 15) is 0 Å².